The highest BCUT2D eigenvalue weighted by Gasteiger charge is 2.27. The van der Waals surface area contributed by atoms with E-state index in [9.17, 15) is 14.7 Å². The average molecular weight is 404 g/mol. The van der Waals surface area contributed by atoms with Crippen molar-refractivity contribution in [3.63, 3.8) is 0 Å². The molecule has 1 aromatic rings. The number of carbonyl (C=O) groups is 2. The van der Waals surface area contributed by atoms with Gasteiger partial charge in [0.2, 0.25) is 0 Å². The number of nitrogens with one attached hydrogen (secondary N) is 1. The van der Waals surface area contributed by atoms with Gasteiger partial charge in [-0.1, -0.05) is 44.6 Å². The van der Waals surface area contributed by atoms with E-state index >= 15 is 0 Å². The second-order valence-electron chi connectivity index (χ2n) is 8.29. The first-order chi connectivity index (χ1) is 14.1. The molecule has 0 radical (unpaired) electrons. The van der Waals surface area contributed by atoms with Crippen LogP contribution in [-0.2, 0) is 9.59 Å². The first-order valence-corrected chi connectivity index (χ1v) is 11.0. The summed E-state index contributed by atoms with van der Waals surface area (Å²) in [5.41, 5.74) is 0.614. The van der Waals surface area contributed by atoms with E-state index in [0.29, 0.717) is 12.1 Å². The molecule has 0 saturated heterocycles. The standard InChI is InChI=1S/C23H33NO5/c1-24-15-19(25)18-12-13-20(28-22(26)16-8-4-2-5-9-16)21(14-18)29-23(27)17-10-6-3-7-11-17/h12-14,16-17,19,24-25H,2-11,15H2,1H3/t19-/m0/s1. The largest absolute Gasteiger partial charge is 0.422 e. The number of esters is 2. The van der Waals surface area contributed by atoms with Gasteiger partial charge in [-0.05, 0) is 50.4 Å². The third-order valence-corrected chi connectivity index (χ3v) is 6.05. The molecule has 0 spiro atoms. The van der Waals surface area contributed by atoms with Crippen molar-refractivity contribution in [3.8, 4) is 11.5 Å². The van der Waals surface area contributed by atoms with Crippen LogP contribution in [0.2, 0.25) is 0 Å². The van der Waals surface area contributed by atoms with Crippen LogP contribution in [0, 0.1) is 11.8 Å². The predicted molar refractivity (Wildman–Crippen MR) is 110 cm³/mol. The quantitative estimate of drug-likeness (QED) is 0.530. The second-order valence-corrected chi connectivity index (χ2v) is 8.29. The Balaban J connectivity index is 1.77. The number of aliphatic hydroxyl groups is 1. The Kier molecular flexibility index (Phi) is 8.07. The van der Waals surface area contributed by atoms with Crippen LogP contribution in [0.15, 0.2) is 18.2 Å². The Labute approximate surface area is 173 Å². The summed E-state index contributed by atoms with van der Waals surface area (Å²) < 4.78 is 11.3. The molecule has 0 heterocycles. The summed E-state index contributed by atoms with van der Waals surface area (Å²) in [6.07, 6.45) is 9.06. The van der Waals surface area contributed by atoms with Crippen LogP contribution in [0.25, 0.3) is 0 Å². The van der Waals surface area contributed by atoms with E-state index < -0.39 is 6.10 Å². The van der Waals surface area contributed by atoms with Crippen LogP contribution in [0.1, 0.15) is 75.9 Å². The highest BCUT2D eigenvalue weighted by Crippen LogP contribution is 2.34. The smallest absolute Gasteiger partial charge is 0.314 e. The van der Waals surface area contributed by atoms with E-state index in [1.54, 1.807) is 25.2 Å². The molecule has 2 fully saturated rings. The molecule has 1 aromatic carbocycles. The normalized spacial score (nSPS) is 19.5. The minimum absolute atomic E-state index is 0.0970. The molecule has 1 atom stereocenters. The topological polar surface area (TPSA) is 84.9 Å². The summed E-state index contributed by atoms with van der Waals surface area (Å²) in [5.74, 6) is -0.276. The number of benzene rings is 1. The first-order valence-electron chi connectivity index (χ1n) is 11.0. The van der Waals surface area contributed by atoms with Crippen LogP contribution < -0.4 is 14.8 Å². The number of hydrogen-bond acceptors (Lipinski definition) is 6. The molecule has 6 nitrogen and oxygen atoms in total. The molecule has 0 aliphatic heterocycles. The fraction of sp³-hybridized carbons (Fsp3) is 0.652. The number of likely N-dealkylation sites (N-methyl/N-ethyl adjacent to an activating group) is 1. The zero-order valence-corrected chi connectivity index (χ0v) is 17.3. The lowest BCUT2D eigenvalue weighted by molar-refractivity contribution is -0.142. The van der Waals surface area contributed by atoms with Crippen molar-refractivity contribution in [2.24, 2.45) is 11.8 Å². The molecule has 29 heavy (non-hydrogen) atoms. The Bertz CT molecular complexity index is 693. The van der Waals surface area contributed by atoms with Gasteiger partial charge in [-0.15, -0.1) is 0 Å². The van der Waals surface area contributed by atoms with Gasteiger partial charge in [0.15, 0.2) is 11.5 Å². The van der Waals surface area contributed by atoms with Gasteiger partial charge in [0.25, 0.3) is 0 Å². The number of aliphatic hydroxyl groups excluding tert-OH is 1. The SMILES string of the molecule is CNC[C@H](O)c1ccc(OC(=O)C2CCCCC2)c(OC(=O)C2CCCCC2)c1. The number of hydrogen-bond donors (Lipinski definition) is 2. The van der Waals surface area contributed by atoms with Crippen molar-refractivity contribution in [3.05, 3.63) is 23.8 Å². The lowest BCUT2D eigenvalue weighted by Crippen LogP contribution is -2.25. The summed E-state index contributed by atoms with van der Waals surface area (Å²) in [6, 6.07) is 4.95. The van der Waals surface area contributed by atoms with E-state index in [4.69, 9.17) is 9.47 Å². The van der Waals surface area contributed by atoms with Crippen molar-refractivity contribution in [1.29, 1.82) is 0 Å². The summed E-state index contributed by atoms with van der Waals surface area (Å²) in [5, 5.41) is 13.2. The molecule has 2 aliphatic rings. The van der Waals surface area contributed by atoms with Crippen molar-refractivity contribution in [2.45, 2.75) is 70.3 Å². The molecular formula is C23H33NO5. The van der Waals surface area contributed by atoms with Crippen LogP contribution >= 0.6 is 0 Å². The minimum atomic E-state index is -0.741. The molecule has 6 heteroatoms. The molecule has 0 amide bonds. The molecule has 0 bridgehead atoms. The van der Waals surface area contributed by atoms with Crippen LogP contribution in [-0.4, -0.2) is 30.6 Å². The molecule has 2 saturated carbocycles. The average Bonchev–Trinajstić information content (AvgIpc) is 2.76. The maximum atomic E-state index is 12.7. The molecule has 160 valence electrons. The Morgan fingerprint density at radius 2 is 1.45 bits per heavy atom. The molecule has 0 aromatic heterocycles. The van der Waals surface area contributed by atoms with Gasteiger partial charge < -0.3 is 19.9 Å². The van der Waals surface area contributed by atoms with Crippen LogP contribution in [0.4, 0.5) is 0 Å². The minimum Gasteiger partial charge on any atom is -0.422 e. The van der Waals surface area contributed by atoms with Gasteiger partial charge in [-0.3, -0.25) is 9.59 Å². The maximum absolute atomic E-state index is 12.7. The van der Waals surface area contributed by atoms with E-state index in [2.05, 4.69) is 5.32 Å². The highest BCUT2D eigenvalue weighted by molar-refractivity contribution is 5.78. The number of rotatable bonds is 7. The Morgan fingerprint density at radius 3 is 1.97 bits per heavy atom. The first kappa shape index (κ1) is 21.8. The van der Waals surface area contributed by atoms with Crippen molar-refractivity contribution < 1.29 is 24.2 Å². The van der Waals surface area contributed by atoms with Crippen LogP contribution in [0.5, 0.6) is 11.5 Å². The highest BCUT2D eigenvalue weighted by atomic mass is 16.6. The van der Waals surface area contributed by atoms with E-state index in [1.165, 1.54) is 0 Å². The molecular weight excluding hydrogens is 370 g/mol. The lowest BCUT2D eigenvalue weighted by Gasteiger charge is -2.22. The summed E-state index contributed by atoms with van der Waals surface area (Å²) in [6.45, 7) is 0.372. The third-order valence-electron chi connectivity index (χ3n) is 6.05. The predicted octanol–water partition coefficient (Wildman–Crippen LogP) is 3.91. The van der Waals surface area contributed by atoms with E-state index in [1.807, 2.05) is 0 Å². The zero-order valence-electron chi connectivity index (χ0n) is 17.3. The Hall–Kier alpha value is -1.92. The lowest BCUT2D eigenvalue weighted by atomic mass is 9.89. The van der Waals surface area contributed by atoms with Crippen LogP contribution in [0.3, 0.4) is 0 Å². The van der Waals surface area contributed by atoms with E-state index in [-0.39, 0.29) is 35.3 Å². The van der Waals surface area contributed by atoms with Gasteiger partial charge in [-0.2, -0.15) is 0 Å². The zero-order chi connectivity index (χ0) is 20.6. The van der Waals surface area contributed by atoms with Gasteiger partial charge >= 0.3 is 11.9 Å². The number of ether oxygens (including phenoxy) is 2. The van der Waals surface area contributed by atoms with Gasteiger partial charge in [-0.25, -0.2) is 0 Å². The Morgan fingerprint density at radius 1 is 0.931 bits per heavy atom. The molecule has 0 unspecified atom stereocenters. The van der Waals surface area contributed by atoms with Gasteiger partial charge in [0.1, 0.15) is 0 Å². The van der Waals surface area contributed by atoms with Gasteiger partial charge in [0, 0.05) is 6.54 Å². The molecule has 3 rings (SSSR count). The van der Waals surface area contributed by atoms with E-state index in [0.717, 1.165) is 64.2 Å². The van der Waals surface area contributed by atoms with Crippen molar-refractivity contribution in [2.75, 3.05) is 13.6 Å². The summed E-state index contributed by atoms with van der Waals surface area (Å²) >= 11 is 0. The van der Waals surface area contributed by atoms with Gasteiger partial charge in [0.05, 0.1) is 17.9 Å². The molecule has 2 N–H and O–H groups in total. The second kappa shape index (κ2) is 10.7. The third kappa shape index (κ3) is 6.03. The summed E-state index contributed by atoms with van der Waals surface area (Å²) in [7, 11) is 1.76. The fourth-order valence-corrected chi connectivity index (χ4v) is 4.27. The fourth-order valence-electron chi connectivity index (χ4n) is 4.27. The molecule has 2 aliphatic carbocycles. The number of carbonyl (C=O) groups excluding carboxylic acids is 2. The maximum Gasteiger partial charge on any atom is 0.314 e. The van der Waals surface area contributed by atoms with Crippen molar-refractivity contribution >= 4 is 11.9 Å². The summed E-state index contributed by atoms with van der Waals surface area (Å²) in [4.78, 5) is 25.3. The van der Waals surface area contributed by atoms with Crippen molar-refractivity contribution in [1.82, 2.24) is 5.32 Å². The monoisotopic (exact) mass is 403 g/mol.